The lowest BCUT2D eigenvalue weighted by atomic mass is 10.1. The van der Waals surface area contributed by atoms with E-state index in [0.717, 1.165) is 18.3 Å². The first-order valence-corrected chi connectivity index (χ1v) is 6.08. The van der Waals surface area contributed by atoms with Crippen molar-refractivity contribution in [1.82, 2.24) is 5.32 Å². The molecule has 0 aromatic heterocycles. The molecule has 0 saturated heterocycles. The van der Waals surface area contributed by atoms with E-state index in [0.29, 0.717) is 6.04 Å². The maximum absolute atomic E-state index is 5.91. The zero-order valence-corrected chi connectivity index (χ0v) is 10.4. The van der Waals surface area contributed by atoms with Crippen LogP contribution in [0, 0.1) is 19.8 Å². The van der Waals surface area contributed by atoms with E-state index >= 15 is 0 Å². The molecule has 88 valence electrons. The molecule has 0 aliphatic heterocycles. The van der Waals surface area contributed by atoms with Crippen LogP contribution in [0.1, 0.15) is 24.0 Å². The van der Waals surface area contributed by atoms with Crippen LogP contribution in [0.4, 0.5) is 0 Å². The number of nitrogens with one attached hydrogen (secondary N) is 1. The number of hydrogen-bond donors (Lipinski definition) is 1. The van der Waals surface area contributed by atoms with Crippen molar-refractivity contribution in [2.45, 2.75) is 32.7 Å². The van der Waals surface area contributed by atoms with Crippen molar-refractivity contribution in [1.29, 1.82) is 0 Å². The average molecular weight is 219 g/mol. The summed E-state index contributed by atoms with van der Waals surface area (Å²) < 4.78 is 5.91. The van der Waals surface area contributed by atoms with Gasteiger partial charge in [-0.2, -0.15) is 0 Å². The summed E-state index contributed by atoms with van der Waals surface area (Å²) in [6, 6.07) is 6.88. The highest BCUT2D eigenvalue weighted by molar-refractivity contribution is 5.35. The van der Waals surface area contributed by atoms with Gasteiger partial charge in [0.15, 0.2) is 0 Å². The first-order chi connectivity index (χ1) is 7.70. The normalized spacial score (nSPS) is 17.2. The number of benzene rings is 1. The van der Waals surface area contributed by atoms with Crippen molar-refractivity contribution >= 4 is 0 Å². The van der Waals surface area contributed by atoms with Gasteiger partial charge < -0.3 is 10.1 Å². The summed E-state index contributed by atoms with van der Waals surface area (Å²) in [4.78, 5) is 0. The molecule has 0 bridgehead atoms. The molecular formula is C14H21NO. The van der Waals surface area contributed by atoms with Gasteiger partial charge in [0.1, 0.15) is 12.4 Å². The summed E-state index contributed by atoms with van der Waals surface area (Å²) in [6.07, 6.45) is 2.70. The average Bonchev–Trinajstić information content (AvgIpc) is 3.08. The predicted molar refractivity (Wildman–Crippen MR) is 67.0 cm³/mol. The number of hydrogen-bond acceptors (Lipinski definition) is 2. The molecule has 1 aliphatic rings. The van der Waals surface area contributed by atoms with E-state index in [1.807, 2.05) is 7.05 Å². The molecule has 1 N–H and O–H groups in total. The van der Waals surface area contributed by atoms with Crippen molar-refractivity contribution in [2.24, 2.45) is 5.92 Å². The van der Waals surface area contributed by atoms with Gasteiger partial charge in [-0.15, -0.1) is 0 Å². The number of ether oxygens (including phenoxy) is 1. The van der Waals surface area contributed by atoms with Gasteiger partial charge in [-0.05, 0) is 56.8 Å². The molecule has 2 rings (SSSR count). The van der Waals surface area contributed by atoms with Crippen molar-refractivity contribution in [3.05, 3.63) is 29.3 Å². The Balaban J connectivity index is 1.95. The van der Waals surface area contributed by atoms with Crippen LogP contribution in [0.5, 0.6) is 5.75 Å². The van der Waals surface area contributed by atoms with Crippen molar-refractivity contribution in [3.8, 4) is 5.75 Å². The molecule has 2 heteroatoms. The second-order valence-corrected chi connectivity index (χ2v) is 4.81. The maximum Gasteiger partial charge on any atom is 0.122 e. The summed E-state index contributed by atoms with van der Waals surface area (Å²) in [6.45, 7) is 4.98. The fourth-order valence-corrected chi connectivity index (χ4v) is 2.00. The Kier molecular flexibility index (Phi) is 3.49. The highest BCUT2D eigenvalue weighted by atomic mass is 16.5. The molecule has 1 fully saturated rings. The van der Waals surface area contributed by atoms with Crippen LogP contribution in [-0.4, -0.2) is 19.7 Å². The topological polar surface area (TPSA) is 21.3 Å². The summed E-state index contributed by atoms with van der Waals surface area (Å²) in [5.41, 5.74) is 2.48. The molecule has 1 aromatic carbocycles. The molecule has 2 nitrogen and oxygen atoms in total. The SMILES string of the molecule is CNC(COc1cc(C)ccc1C)C1CC1. The fourth-order valence-electron chi connectivity index (χ4n) is 2.00. The van der Waals surface area contributed by atoms with Crippen molar-refractivity contribution in [3.63, 3.8) is 0 Å². The van der Waals surface area contributed by atoms with Gasteiger partial charge in [-0.1, -0.05) is 12.1 Å². The Bertz CT molecular complexity index is 358. The Morgan fingerprint density at radius 1 is 1.38 bits per heavy atom. The van der Waals surface area contributed by atoms with Crippen LogP contribution in [0.3, 0.4) is 0 Å². The van der Waals surface area contributed by atoms with Crippen LogP contribution in [0.2, 0.25) is 0 Å². The first kappa shape index (κ1) is 11.5. The lowest BCUT2D eigenvalue weighted by molar-refractivity contribution is 0.255. The molecular weight excluding hydrogens is 198 g/mol. The second kappa shape index (κ2) is 4.88. The molecule has 16 heavy (non-hydrogen) atoms. The predicted octanol–water partition coefficient (Wildman–Crippen LogP) is 2.68. The van der Waals surface area contributed by atoms with Crippen LogP contribution in [-0.2, 0) is 0 Å². The quantitative estimate of drug-likeness (QED) is 0.822. The largest absolute Gasteiger partial charge is 0.492 e. The summed E-state index contributed by atoms with van der Waals surface area (Å²) in [5.74, 6) is 1.86. The number of aryl methyl sites for hydroxylation is 2. The lowest BCUT2D eigenvalue weighted by Gasteiger charge is -2.17. The lowest BCUT2D eigenvalue weighted by Crippen LogP contribution is -2.33. The van der Waals surface area contributed by atoms with E-state index < -0.39 is 0 Å². The fraction of sp³-hybridized carbons (Fsp3) is 0.571. The minimum Gasteiger partial charge on any atom is -0.492 e. The molecule has 1 aromatic rings. The second-order valence-electron chi connectivity index (χ2n) is 4.81. The van der Waals surface area contributed by atoms with Crippen LogP contribution >= 0.6 is 0 Å². The third-order valence-electron chi connectivity index (χ3n) is 3.32. The van der Waals surface area contributed by atoms with Crippen molar-refractivity contribution in [2.75, 3.05) is 13.7 Å². The van der Waals surface area contributed by atoms with E-state index in [9.17, 15) is 0 Å². The summed E-state index contributed by atoms with van der Waals surface area (Å²) in [5, 5.41) is 3.34. The van der Waals surface area contributed by atoms with E-state index in [-0.39, 0.29) is 0 Å². The minimum atomic E-state index is 0.514. The molecule has 0 radical (unpaired) electrons. The van der Waals surface area contributed by atoms with Crippen LogP contribution < -0.4 is 10.1 Å². The number of rotatable bonds is 5. The van der Waals surface area contributed by atoms with Crippen LogP contribution in [0.15, 0.2) is 18.2 Å². The molecule has 0 heterocycles. The Labute approximate surface area is 98.0 Å². The summed E-state index contributed by atoms with van der Waals surface area (Å²) in [7, 11) is 2.02. The molecule has 1 saturated carbocycles. The molecule has 1 unspecified atom stereocenters. The van der Waals surface area contributed by atoms with E-state index in [1.54, 1.807) is 0 Å². The van der Waals surface area contributed by atoms with Gasteiger partial charge in [-0.3, -0.25) is 0 Å². The molecule has 0 amide bonds. The standard InChI is InChI=1S/C14H21NO/c1-10-4-5-11(2)14(8-10)16-9-13(15-3)12-6-7-12/h4-5,8,12-13,15H,6-7,9H2,1-3H3. The van der Waals surface area contributed by atoms with Crippen LogP contribution in [0.25, 0.3) is 0 Å². The first-order valence-electron chi connectivity index (χ1n) is 6.08. The third-order valence-corrected chi connectivity index (χ3v) is 3.32. The maximum atomic E-state index is 5.91. The zero-order chi connectivity index (χ0) is 11.5. The highest BCUT2D eigenvalue weighted by Gasteiger charge is 2.30. The Morgan fingerprint density at radius 2 is 2.12 bits per heavy atom. The Hall–Kier alpha value is -1.02. The van der Waals surface area contributed by atoms with Gasteiger partial charge in [0.25, 0.3) is 0 Å². The zero-order valence-electron chi connectivity index (χ0n) is 10.4. The third kappa shape index (κ3) is 2.76. The van der Waals surface area contributed by atoms with Gasteiger partial charge in [0.05, 0.1) is 0 Å². The van der Waals surface area contributed by atoms with E-state index in [4.69, 9.17) is 4.74 Å². The smallest absolute Gasteiger partial charge is 0.122 e. The van der Waals surface area contributed by atoms with Gasteiger partial charge >= 0.3 is 0 Å². The number of likely N-dealkylation sites (N-methyl/N-ethyl adjacent to an activating group) is 1. The van der Waals surface area contributed by atoms with E-state index in [1.165, 1.54) is 24.0 Å². The molecule has 0 spiro atoms. The van der Waals surface area contributed by atoms with Gasteiger partial charge in [0, 0.05) is 6.04 Å². The monoisotopic (exact) mass is 219 g/mol. The molecule has 1 aliphatic carbocycles. The Morgan fingerprint density at radius 3 is 2.75 bits per heavy atom. The summed E-state index contributed by atoms with van der Waals surface area (Å²) >= 11 is 0. The highest BCUT2D eigenvalue weighted by Crippen LogP contribution is 2.33. The molecule has 1 atom stereocenters. The van der Waals surface area contributed by atoms with Gasteiger partial charge in [0.2, 0.25) is 0 Å². The van der Waals surface area contributed by atoms with Gasteiger partial charge in [-0.25, -0.2) is 0 Å². The van der Waals surface area contributed by atoms with E-state index in [2.05, 4.69) is 37.4 Å². The minimum absolute atomic E-state index is 0.514. The van der Waals surface area contributed by atoms with Crippen molar-refractivity contribution < 1.29 is 4.74 Å².